The molecule has 0 amide bonds. The first-order valence-electron chi connectivity index (χ1n) is 10.8. The van der Waals surface area contributed by atoms with Gasteiger partial charge in [-0.2, -0.15) is 0 Å². The summed E-state index contributed by atoms with van der Waals surface area (Å²) in [6.45, 7) is 20.6. The molecule has 0 radical (unpaired) electrons. The summed E-state index contributed by atoms with van der Waals surface area (Å²) in [5.74, 6) is 0.853. The molecule has 3 saturated heterocycles. The lowest BCUT2D eigenvalue weighted by Crippen LogP contribution is -2.54. The van der Waals surface area contributed by atoms with Crippen LogP contribution in [0.25, 0.3) is 0 Å². The van der Waals surface area contributed by atoms with Crippen LogP contribution in [0, 0.1) is 5.92 Å². The Labute approximate surface area is 156 Å². The number of nitrogens with one attached hydrogen (secondary N) is 1. The molecule has 3 fully saturated rings. The van der Waals surface area contributed by atoms with E-state index in [4.69, 9.17) is 0 Å². The Morgan fingerprint density at radius 2 is 1.76 bits per heavy atom. The predicted octanol–water partition coefficient (Wildman–Crippen LogP) is 4.27. The molecule has 0 aliphatic carbocycles. The molecule has 0 aromatic rings. The van der Waals surface area contributed by atoms with Crippen molar-refractivity contribution in [1.82, 2.24) is 15.1 Å². The lowest BCUT2D eigenvalue weighted by molar-refractivity contribution is 0.0840. The van der Waals surface area contributed by atoms with E-state index in [1.165, 1.54) is 58.2 Å². The van der Waals surface area contributed by atoms with Crippen molar-refractivity contribution in [3.05, 3.63) is 0 Å². The highest BCUT2D eigenvalue weighted by molar-refractivity contribution is 5.05. The van der Waals surface area contributed by atoms with E-state index in [9.17, 15) is 0 Å². The quantitative estimate of drug-likeness (QED) is 0.821. The topological polar surface area (TPSA) is 18.5 Å². The van der Waals surface area contributed by atoms with Gasteiger partial charge in [-0.3, -0.25) is 9.80 Å². The van der Waals surface area contributed by atoms with Crippen LogP contribution < -0.4 is 5.32 Å². The summed E-state index contributed by atoms with van der Waals surface area (Å²) in [5, 5.41) is 4.10. The zero-order valence-corrected chi connectivity index (χ0v) is 18.0. The van der Waals surface area contributed by atoms with Crippen LogP contribution in [0.15, 0.2) is 0 Å². The lowest BCUT2D eigenvalue weighted by atomic mass is 9.86. The highest BCUT2D eigenvalue weighted by Gasteiger charge is 2.45. The molecule has 0 aromatic carbocycles. The largest absolute Gasteiger partial charge is 0.307 e. The number of likely N-dealkylation sites (tertiary alicyclic amines) is 2. The van der Waals surface area contributed by atoms with Crippen LogP contribution in [0.1, 0.15) is 87.0 Å². The number of nitrogens with zero attached hydrogens (tertiary/aromatic N) is 2. The van der Waals surface area contributed by atoms with Gasteiger partial charge in [0.2, 0.25) is 0 Å². The molecule has 4 atom stereocenters. The first-order valence-corrected chi connectivity index (χ1v) is 10.8. The van der Waals surface area contributed by atoms with Crippen molar-refractivity contribution >= 4 is 0 Å². The van der Waals surface area contributed by atoms with Gasteiger partial charge in [-0.05, 0) is 86.0 Å². The minimum atomic E-state index is 0.290. The number of fused-ring (bicyclic) bond motifs is 2. The van der Waals surface area contributed by atoms with Gasteiger partial charge in [0.05, 0.1) is 0 Å². The van der Waals surface area contributed by atoms with Crippen molar-refractivity contribution in [3.63, 3.8) is 0 Å². The molecular formula is C22H43N3. The van der Waals surface area contributed by atoms with Gasteiger partial charge < -0.3 is 5.32 Å². The SMILES string of the molecule is CC1CC(CCC23CCC(CCN(C(C)(C)C)C2)N3)N(C(C)(C)C)C1. The molecule has 146 valence electrons. The van der Waals surface area contributed by atoms with E-state index in [0.29, 0.717) is 16.6 Å². The first kappa shape index (κ1) is 19.6. The molecule has 3 aliphatic heterocycles. The maximum absolute atomic E-state index is 4.10. The molecule has 3 heteroatoms. The van der Waals surface area contributed by atoms with E-state index >= 15 is 0 Å². The summed E-state index contributed by atoms with van der Waals surface area (Å²) in [6, 6.07) is 1.53. The molecule has 3 heterocycles. The Morgan fingerprint density at radius 1 is 1.04 bits per heavy atom. The molecule has 2 bridgehead atoms. The second kappa shape index (κ2) is 6.80. The molecule has 0 saturated carbocycles. The summed E-state index contributed by atoms with van der Waals surface area (Å²) in [5.41, 5.74) is 0.960. The van der Waals surface area contributed by atoms with Crippen LogP contribution >= 0.6 is 0 Å². The van der Waals surface area contributed by atoms with Gasteiger partial charge in [-0.1, -0.05) is 6.92 Å². The van der Waals surface area contributed by atoms with Crippen molar-refractivity contribution in [2.45, 2.75) is 116 Å². The maximum Gasteiger partial charge on any atom is 0.0312 e. The summed E-state index contributed by atoms with van der Waals surface area (Å²) < 4.78 is 0. The fourth-order valence-corrected chi connectivity index (χ4v) is 5.66. The van der Waals surface area contributed by atoms with Crippen molar-refractivity contribution in [2.24, 2.45) is 5.92 Å². The molecule has 3 nitrogen and oxygen atoms in total. The molecule has 3 rings (SSSR count). The fourth-order valence-electron chi connectivity index (χ4n) is 5.66. The normalized spacial score (nSPS) is 38.3. The molecule has 1 N–H and O–H groups in total. The van der Waals surface area contributed by atoms with Gasteiger partial charge in [0, 0.05) is 48.3 Å². The molecule has 0 aromatic heterocycles. The van der Waals surface area contributed by atoms with E-state index in [2.05, 4.69) is 63.6 Å². The van der Waals surface area contributed by atoms with Crippen molar-refractivity contribution in [3.8, 4) is 0 Å². The van der Waals surface area contributed by atoms with Gasteiger partial charge >= 0.3 is 0 Å². The minimum absolute atomic E-state index is 0.290. The summed E-state index contributed by atoms with van der Waals surface area (Å²) in [6.07, 6.45) is 8.19. The number of hydrogen-bond acceptors (Lipinski definition) is 3. The zero-order chi connectivity index (χ0) is 18.5. The highest BCUT2D eigenvalue weighted by atomic mass is 15.3. The third-order valence-corrected chi connectivity index (χ3v) is 7.11. The maximum atomic E-state index is 4.10. The van der Waals surface area contributed by atoms with Crippen molar-refractivity contribution in [1.29, 1.82) is 0 Å². The third kappa shape index (κ3) is 4.42. The minimum Gasteiger partial charge on any atom is -0.307 e. The van der Waals surface area contributed by atoms with Gasteiger partial charge in [0.15, 0.2) is 0 Å². The lowest BCUT2D eigenvalue weighted by Gasteiger charge is -2.43. The Kier molecular flexibility index (Phi) is 5.34. The van der Waals surface area contributed by atoms with Crippen LogP contribution in [-0.2, 0) is 0 Å². The first-order chi connectivity index (χ1) is 11.5. The summed E-state index contributed by atoms with van der Waals surface area (Å²) in [4.78, 5) is 5.54. The van der Waals surface area contributed by atoms with Crippen LogP contribution in [0.2, 0.25) is 0 Å². The molecule has 25 heavy (non-hydrogen) atoms. The van der Waals surface area contributed by atoms with Gasteiger partial charge in [-0.15, -0.1) is 0 Å². The average molecular weight is 350 g/mol. The Balaban J connectivity index is 1.68. The summed E-state index contributed by atoms with van der Waals surface area (Å²) in [7, 11) is 0. The van der Waals surface area contributed by atoms with E-state index in [0.717, 1.165) is 18.0 Å². The van der Waals surface area contributed by atoms with Crippen molar-refractivity contribution in [2.75, 3.05) is 19.6 Å². The van der Waals surface area contributed by atoms with Gasteiger partial charge in [0.25, 0.3) is 0 Å². The Bertz CT molecular complexity index is 461. The standard InChI is InChI=1S/C22H43N3/c1-17-14-19(25(15-17)21(5,6)7)9-12-22-11-8-18(23-22)10-13-24(16-22)20(2,3)4/h17-19,23H,8-16H2,1-7H3. The molecule has 0 spiro atoms. The molecular weight excluding hydrogens is 306 g/mol. The predicted molar refractivity (Wildman–Crippen MR) is 108 cm³/mol. The second-order valence-electron chi connectivity index (χ2n) is 11.4. The van der Waals surface area contributed by atoms with Crippen molar-refractivity contribution < 1.29 is 0 Å². The highest BCUT2D eigenvalue weighted by Crippen LogP contribution is 2.38. The van der Waals surface area contributed by atoms with Gasteiger partial charge in [-0.25, -0.2) is 0 Å². The van der Waals surface area contributed by atoms with E-state index in [-0.39, 0.29) is 0 Å². The van der Waals surface area contributed by atoms with Crippen LogP contribution in [0.3, 0.4) is 0 Å². The molecule has 3 aliphatic rings. The number of rotatable bonds is 3. The van der Waals surface area contributed by atoms with Crippen LogP contribution in [-0.4, -0.2) is 58.1 Å². The van der Waals surface area contributed by atoms with Gasteiger partial charge in [0.1, 0.15) is 0 Å². The molecule has 4 unspecified atom stereocenters. The third-order valence-electron chi connectivity index (χ3n) is 7.11. The average Bonchev–Trinajstić information content (AvgIpc) is 2.96. The smallest absolute Gasteiger partial charge is 0.0312 e. The van der Waals surface area contributed by atoms with E-state index < -0.39 is 0 Å². The second-order valence-corrected chi connectivity index (χ2v) is 11.4. The fraction of sp³-hybridized carbons (Fsp3) is 1.00. The van der Waals surface area contributed by atoms with Crippen LogP contribution in [0.5, 0.6) is 0 Å². The van der Waals surface area contributed by atoms with Crippen LogP contribution in [0.4, 0.5) is 0 Å². The van der Waals surface area contributed by atoms with E-state index in [1.807, 2.05) is 0 Å². The van der Waals surface area contributed by atoms with E-state index in [1.54, 1.807) is 0 Å². The Morgan fingerprint density at radius 3 is 2.40 bits per heavy atom. The zero-order valence-electron chi connectivity index (χ0n) is 18.0. The summed E-state index contributed by atoms with van der Waals surface area (Å²) >= 11 is 0. The Hall–Kier alpha value is -0.120. The number of hydrogen-bond donors (Lipinski definition) is 1. The monoisotopic (exact) mass is 349 g/mol.